The summed E-state index contributed by atoms with van der Waals surface area (Å²) in [7, 11) is -5.81. The van der Waals surface area contributed by atoms with Gasteiger partial charge in [0.25, 0.3) is 0 Å². The van der Waals surface area contributed by atoms with Crippen LogP contribution in [0.15, 0.2) is 12.1 Å². The van der Waals surface area contributed by atoms with Crippen LogP contribution in [-0.2, 0) is 10.1 Å². The molecule has 20 heavy (non-hydrogen) atoms. The lowest BCUT2D eigenvalue weighted by Crippen LogP contribution is -2.28. The number of rotatable bonds is 4. The molecule has 0 fully saturated rings. The third kappa shape index (κ3) is 3.12. The first-order valence-electron chi connectivity index (χ1n) is 5.60. The number of benzene rings is 1. The molecule has 0 N–H and O–H groups in total. The average Bonchev–Trinajstić information content (AvgIpc) is 2.29. The zero-order valence-corrected chi connectivity index (χ0v) is 11.8. The van der Waals surface area contributed by atoms with Gasteiger partial charge in [-0.15, -0.1) is 0 Å². The second kappa shape index (κ2) is 5.43. The summed E-state index contributed by atoms with van der Waals surface area (Å²) >= 11 is 0. The van der Waals surface area contributed by atoms with Gasteiger partial charge in [0.05, 0.1) is 5.56 Å². The standard InChI is InChI=1S/C12H13F3O4S/c1-7(2)9-5-4-8(3)11(10(9)6-16)19-20(17,18)12(13,14)15/h4-7H,1-3H3. The number of hydrogen-bond acceptors (Lipinski definition) is 4. The number of carbonyl (C=O) groups excluding carboxylic acids is 1. The fourth-order valence-corrected chi connectivity index (χ4v) is 2.15. The van der Waals surface area contributed by atoms with E-state index in [0.29, 0.717) is 11.8 Å². The molecule has 1 rings (SSSR count). The molecule has 0 bridgehead atoms. The number of aryl methyl sites for hydroxylation is 1. The van der Waals surface area contributed by atoms with Gasteiger partial charge in [-0.25, -0.2) is 0 Å². The molecular formula is C12H13F3O4S. The van der Waals surface area contributed by atoms with Gasteiger partial charge in [0.1, 0.15) is 0 Å². The van der Waals surface area contributed by atoms with Gasteiger partial charge in [-0.1, -0.05) is 26.0 Å². The van der Waals surface area contributed by atoms with Gasteiger partial charge in [0.2, 0.25) is 0 Å². The molecule has 0 aromatic heterocycles. The largest absolute Gasteiger partial charge is 0.534 e. The van der Waals surface area contributed by atoms with Gasteiger partial charge in [0.15, 0.2) is 12.0 Å². The molecule has 0 saturated heterocycles. The molecule has 112 valence electrons. The quantitative estimate of drug-likeness (QED) is 0.487. The first kappa shape index (κ1) is 16.5. The molecule has 0 aliphatic carbocycles. The van der Waals surface area contributed by atoms with Crippen LogP contribution in [0.25, 0.3) is 0 Å². The van der Waals surface area contributed by atoms with Gasteiger partial charge >= 0.3 is 15.6 Å². The Morgan fingerprint density at radius 1 is 1.25 bits per heavy atom. The second-order valence-corrected chi connectivity index (χ2v) is 6.01. The van der Waals surface area contributed by atoms with E-state index in [1.165, 1.54) is 13.0 Å². The van der Waals surface area contributed by atoms with Crippen molar-refractivity contribution in [2.45, 2.75) is 32.2 Å². The summed E-state index contributed by atoms with van der Waals surface area (Å²) in [6.07, 6.45) is 0.295. The number of hydrogen-bond donors (Lipinski definition) is 0. The Balaban J connectivity index is 3.46. The van der Waals surface area contributed by atoms with E-state index in [1.54, 1.807) is 19.9 Å². The highest BCUT2D eigenvalue weighted by molar-refractivity contribution is 7.88. The molecule has 0 aliphatic heterocycles. The van der Waals surface area contributed by atoms with E-state index in [1.807, 2.05) is 0 Å². The van der Waals surface area contributed by atoms with E-state index < -0.39 is 21.4 Å². The topological polar surface area (TPSA) is 60.4 Å². The normalized spacial score (nSPS) is 12.6. The van der Waals surface area contributed by atoms with E-state index in [4.69, 9.17) is 0 Å². The van der Waals surface area contributed by atoms with Gasteiger partial charge in [-0.05, 0) is 24.0 Å². The highest BCUT2D eigenvalue weighted by atomic mass is 32.2. The summed E-state index contributed by atoms with van der Waals surface area (Å²) < 4.78 is 63.3. The van der Waals surface area contributed by atoms with Crippen molar-refractivity contribution in [3.63, 3.8) is 0 Å². The van der Waals surface area contributed by atoms with Crippen LogP contribution < -0.4 is 4.18 Å². The van der Waals surface area contributed by atoms with Crippen molar-refractivity contribution in [2.24, 2.45) is 0 Å². The minimum absolute atomic E-state index is 0.129. The number of carbonyl (C=O) groups is 1. The van der Waals surface area contributed by atoms with Crippen LogP contribution in [0.3, 0.4) is 0 Å². The van der Waals surface area contributed by atoms with Crippen LogP contribution in [-0.4, -0.2) is 20.2 Å². The van der Waals surface area contributed by atoms with E-state index in [0.717, 1.165) is 0 Å². The number of aldehydes is 1. The lowest BCUT2D eigenvalue weighted by molar-refractivity contribution is -0.0500. The number of halogens is 3. The summed E-state index contributed by atoms with van der Waals surface area (Å²) in [6, 6.07) is 2.96. The highest BCUT2D eigenvalue weighted by Crippen LogP contribution is 2.34. The Kier molecular flexibility index (Phi) is 4.48. The molecule has 1 aromatic carbocycles. The van der Waals surface area contributed by atoms with Crippen molar-refractivity contribution in [3.8, 4) is 5.75 Å². The molecule has 0 saturated carbocycles. The monoisotopic (exact) mass is 310 g/mol. The Bertz CT molecular complexity index is 618. The molecule has 0 aliphatic rings. The summed E-state index contributed by atoms with van der Waals surface area (Å²) in [5, 5.41) is 0. The predicted octanol–water partition coefficient (Wildman–Crippen LogP) is 3.16. The Labute approximate surface area is 114 Å². The first-order valence-corrected chi connectivity index (χ1v) is 7.01. The van der Waals surface area contributed by atoms with Crippen molar-refractivity contribution < 1.29 is 30.6 Å². The van der Waals surface area contributed by atoms with Crippen molar-refractivity contribution in [1.82, 2.24) is 0 Å². The molecule has 0 unspecified atom stereocenters. The van der Waals surface area contributed by atoms with E-state index in [9.17, 15) is 26.4 Å². The zero-order chi connectivity index (χ0) is 15.7. The fourth-order valence-electron chi connectivity index (χ4n) is 1.62. The minimum Gasteiger partial charge on any atom is -0.375 e. The van der Waals surface area contributed by atoms with E-state index in [2.05, 4.69) is 4.18 Å². The molecule has 4 nitrogen and oxygen atoms in total. The SMILES string of the molecule is Cc1ccc(C(C)C)c(C=O)c1OS(=O)(=O)C(F)(F)F. The average molecular weight is 310 g/mol. The van der Waals surface area contributed by atoms with Crippen LogP contribution >= 0.6 is 0 Å². The zero-order valence-electron chi connectivity index (χ0n) is 11.0. The summed E-state index contributed by atoms with van der Waals surface area (Å²) in [5.74, 6) is -0.754. The summed E-state index contributed by atoms with van der Waals surface area (Å²) in [5.41, 5.74) is -5.19. The lowest BCUT2D eigenvalue weighted by Gasteiger charge is -2.16. The lowest BCUT2D eigenvalue weighted by atomic mass is 9.95. The predicted molar refractivity (Wildman–Crippen MR) is 66.3 cm³/mol. The molecule has 0 spiro atoms. The summed E-state index contributed by atoms with van der Waals surface area (Å²) in [4.78, 5) is 11.1. The molecule has 0 atom stereocenters. The van der Waals surface area contributed by atoms with Crippen LogP contribution in [0, 0.1) is 6.92 Å². The smallest absolute Gasteiger partial charge is 0.375 e. The molecule has 0 amide bonds. The minimum atomic E-state index is -5.81. The Hall–Kier alpha value is -1.57. The van der Waals surface area contributed by atoms with Gasteiger partial charge in [-0.2, -0.15) is 21.6 Å². The Morgan fingerprint density at radius 2 is 1.80 bits per heavy atom. The fraction of sp³-hybridized carbons (Fsp3) is 0.417. The molecular weight excluding hydrogens is 297 g/mol. The molecule has 8 heteroatoms. The molecule has 1 aromatic rings. The van der Waals surface area contributed by atoms with Gasteiger partial charge in [-0.3, -0.25) is 4.79 Å². The molecule has 0 radical (unpaired) electrons. The Morgan fingerprint density at radius 3 is 2.20 bits per heavy atom. The van der Waals surface area contributed by atoms with E-state index >= 15 is 0 Å². The maximum atomic E-state index is 12.3. The third-order valence-electron chi connectivity index (χ3n) is 2.64. The molecule has 0 heterocycles. The van der Waals surface area contributed by atoms with Crippen LogP contribution in [0.1, 0.15) is 41.3 Å². The van der Waals surface area contributed by atoms with Gasteiger partial charge in [0, 0.05) is 0 Å². The summed E-state index contributed by atoms with van der Waals surface area (Å²) in [6.45, 7) is 4.80. The van der Waals surface area contributed by atoms with Crippen molar-refractivity contribution in [2.75, 3.05) is 0 Å². The second-order valence-electron chi connectivity index (χ2n) is 4.47. The maximum absolute atomic E-state index is 12.3. The first-order chi connectivity index (χ1) is 9.01. The van der Waals surface area contributed by atoms with Crippen molar-refractivity contribution in [1.29, 1.82) is 0 Å². The highest BCUT2D eigenvalue weighted by Gasteiger charge is 2.49. The van der Waals surface area contributed by atoms with Crippen molar-refractivity contribution in [3.05, 3.63) is 28.8 Å². The third-order valence-corrected chi connectivity index (χ3v) is 3.60. The van der Waals surface area contributed by atoms with Crippen molar-refractivity contribution >= 4 is 16.4 Å². The number of alkyl halides is 3. The van der Waals surface area contributed by atoms with E-state index in [-0.39, 0.29) is 17.0 Å². The van der Waals surface area contributed by atoms with Crippen LogP contribution in [0.4, 0.5) is 13.2 Å². The van der Waals surface area contributed by atoms with Crippen LogP contribution in [0.5, 0.6) is 5.75 Å². The van der Waals surface area contributed by atoms with Crippen LogP contribution in [0.2, 0.25) is 0 Å². The van der Waals surface area contributed by atoms with Gasteiger partial charge < -0.3 is 4.18 Å². The maximum Gasteiger partial charge on any atom is 0.534 e.